The fraction of sp³-hybridized carbons (Fsp3) is 0.321. The van der Waals surface area contributed by atoms with E-state index in [4.69, 9.17) is 0 Å². The summed E-state index contributed by atoms with van der Waals surface area (Å²) in [5.41, 5.74) is -0.866. The summed E-state index contributed by atoms with van der Waals surface area (Å²) in [6.45, 7) is 0.873. The highest BCUT2D eigenvalue weighted by atomic mass is 19.3. The maximum Gasteiger partial charge on any atom is 0.268 e. The molecule has 13 heteroatoms. The van der Waals surface area contributed by atoms with Crippen LogP contribution in [0.3, 0.4) is 0 Å². The van der Waals surface area contributed by atoms with Gasteiger partial charge in [0, 0.05) is 57.6 Å². The van der Waals surface area contributed by atoms with Crippen LogP contribution in [0.1, 0.15) is 23.6 Å². The van der Waals surface area contributed by atoms with E-state index in [1.165, 1.54) is 15.3 Å². The van der Waals surface area contributed by atoms with Gasteiger partial charge in [-0.15, -0.1) is 0 Å². The molecule has 1 aliphatic heterocycles. The smallest absolute Gasteiger partial charge is 0.268 e. The molecule has 0 radical (unpaired) electrons. The standard InChI is InChI=1S/C28H27F5N6O2/c1-36-25(39-7-5-38(6-8-39)18-12-26(40)37(2)34-15-18)13-19-20(10-17(31)11-21(19)28(36)41)24(14-29)35-23-4-3-16(30)9-22(23)27(32)33/h3-4,9-13,15,24,27,35H,5-8,14H2,1-2H3/t24-/m1/s1. The molecule has 0 unspecified atom stereocenters. The van der Waals surface area contributed by atoms with Crippen molar-refractivity contribution in [1.29, 1.82) is 0 Å². The van der Waals surface area contributed by atoms with Gasteiger partial charge in [-0.05, 0) is 47.3 Å². The maximum atomic E-state index is 14.7. The highest BCUT2D eigenvalue weighted by molar-refractivity contribution is 5.88. The van der Waals surface area contributed by atoms with E-state index >= 15 is 0 Å². The van der Waals surface area contributed by atoms with Crippen molar-refractivity contribution in [3.05, 3.63) is 92.1 Å². The molecule has 2 aromatic heterocycles. The molecule has 0 spiro atoms. The largest absolute Gasteiger partial charge is 0.375 e. The summed E-state index contributed by atoms with van der Waals surface area (Å²) >= 11 is 0. The average molecular weight is 575 g/mol. The number of aryl methyl sites for hydroxylation is 1. The monoisotopic (exact) mass is 574 g/mol. The van der Waals surface area contributed by atoms with Crippen LogP contribution in [0.4, 0.5) is 39.1 Å². The first kappa shape index (κ1) is 28.1. The van der Waals surface area contributed by atoms with Crippen molar-refractivity contribution in [3.63, 3.8) is 0 Å². The van der Waals surface area contributed by atoms with Crippen LogP contribution in [0.15, 0.2) is 58.3 Å². The van der Waals surface area contributed by atoms with Crippen LogP contribution >= 0.6 is 0 Å². The predicted molar refractivity (Wildman–Crippen MR) is 147 cm³/mol. The van der Waals surface area contributed by atoms with E-state index in [9.17, 15) is 31.5 Å². The van der Waals surface area contributed by atoms with Crippen LogP contribution in [0, 0.1) is 11.6 Å². The number of alkyl halides is 3. The quantitative estimate of drug-likeness (QED) is 0.332. The summed E-state index contributed by atoms with van der Waals surface area (Å²) in [7, 11) is 3.11. The maximum absolute atomic E-state index is 14.7. The summed E-state index contributed by atoms with van der Waals surface area (Å²) in [5.74, 6) is -1.16. The highest BCUT2D eigenvalue weighted by Gasteiger charge is 2.25. The topological polar surface area (TPSA) is 75.4 Å². The Kier molecular flexibility index (Phi) is 7.70. The normalized spacial score (nSPS) is 14.6. The molecule has 0 saturated carbocycles. The number of fused-ring (bicyclic) bond motifs is 1. The second kappa shape index (κ2) is 11.2. The van der Waals surface area contributed by atoms with E-state index in [0.29, 0.717) is 43.8 Å². The van der Waals surface area contributed by atoms with Crippen molar-refractivity contribution in [1.82, 2.24) is 14.3 Å². The number of piperazine rings is 1. The number of rotatable bonds is 7. The Morgan fingerprint density at radius 1 is 0.878 bits per heavy atom. The first-order chi connectivity index (χ1) is 19.6. The Bertz CT molecular complexity index is 1720. The van der Waals surface area contributed by atoms with E-state index in [-0.39, 0.29) is 27.6 Å². The molecule has 1 fully saturated rings. The Hall–Kier alpha value is -4.42. The van der Waals surface area contributed by atoms with Crippen LogP contribution in [-0.2, 0) is 14.1 Å². The Morgan fingerprint density at radius 3 is 2.22 bits per heavy atom. The summed E-state index contributed by atoms with van der Waals surface area (Å²) in [6.07, 6.45) is -1.43. The second-order valence-corrected chi connectivity index (χ2v) is 9.86. The van der Waals surface area contributed by atoms with Crippen LogP contribution in [-0.4, -0.2) is 47.2 Å². The number of hydrogen-bond acceptors (Lipinski definition) is 6. The van der Waals surface area contributed by atoms with Crippen molar-refractivity contribution < 1.29 is 22.0 Å². The number of nitrogens with one attached hydrogen (secondary N) is 1. The summed E-state index contributed by atoms with van der Waals surface area (Å²) in [6, 6.07) is 6.67. The molecule has 1 atom stereocenters. The lowest BCUT2D eigenvalue weighted by atomic mass is 9.98. The number of anilines is 3. The van der Waals surface area contributed by atoms with Gasteiger partial charge in [0.25, 0.3) is 17.5 Å². The SMILES string of the molecule is Cn1ncc(N2CCN(c3cc4c([C@@H](CF)Nc5ccc(F)cc5C(F)F)cc(F)cc4c(=O)n3C)CC2)cc1=O. The number of pyridine rings is 1. The van der Waals surface area contributed by atoms with Crippen LogP contribution in [0.2, 0.25) is 0 Å². The zero-order chi connectivity index (χ0) is 29.4. The molecule has 0 aliphatic carbocycles. The van der Waals surface area contributed by atoms with Gasteiger partial charge in [-0.3, -0.25) is 14.2 Å². The molecule has 1 aliphatic rings. The molecule has 0 amide bonds. The van der Waals surface area contributed by atoms with E-state index in [1.54, 1.807) is 26.4 Å². The van der Waals surface area contributed by atoms with Crippen molar-refractivity contribution >= 4 is 28.0 Å². The molecular formula is C28H27F5N6O2. The molecule has 3 heterocycles. The van der Waals surface area contributed by atoms with Gasteiger partial charge in [-0.2, -0.15) is 5.10 Å². The lowest BCUT2D eigenvalue weighted by Crippen LogP contribution is -2.48. The third-order valence-corrected chi connectivity index (χ3v) is 7.36. The predicted octanol–water partition coefficient (Wildman–Crippen LogP) is 4.30. The first-order valence-corrected chi connectivity index (χ1v) is 12.8. The zero-order valence-corrected chi connectivity index (χ0v) is 22.3. The molecule has 41 heavy (non-hydrogen) atoms. The van der Waals surface area contributed by atoms with E-state index in [0.717, 1.165) is 24.3 Å². The first-order valence-electron chi connectivity index (χ1n) is 12.8. The number of hydrogen-bond donors (Lipinski definition) is 1. The van der Waals surface area contributed by atoms with Gasteiger partial charge in [-0.1, -0.05) is 0 Å². The number of nitrogens with zero attached hydrogens (tertiary/aromatic N) is 5. The molecule has 8 nitrogen and oxygen atoms in total. The molecule has 5 rings (SSSR count). The fourth-order valence-corrected chi connectivity index (χ4v) is 5.14. The highest BCUT2D eigenvalue weighted by Crippen LogP contribution is 2.34. The van der Waals surface area contributed by atoms with Crippen molar-refractivity contribution in [2.24, 2.45) is 14.1 Å². The van der Waals surface area contributed by atoms with E-state index < -0.39 is 41.9 Å². The summed E-state index contributed by atoms with van der Waals surface area (Å²) in [4.78, 5) is 29.3. The lowest BCUT2D eigenvalue weighted by molar-refractivity contribution is 0.151. The van der Waals surface area contributed by atoms with Gasteiger partial charge in [0.15, 0.2) is 0 Å². The molecule has 1 saturated heterocycles. The van der Waals surface area contributed by atoms with Gasteiger partial charge in [0.2, 0.25) is 0 Å². The van der Waals surface area contributed by atoms with Gasteiger partial charge >= 0.3 is 0 Å². The minimum absolute atomic E-state index is 0.00419. The van der Waals surface area contributed by atoms with Gasteiger partial charge in [0.1, 0.15) is 24.1 Å². The number of aromatic nitrogens is 3. The molecule has 0 bridgehead atoms. The lowest BCUT2D eigenvalue weighted by Gasteiger charge is -2.37. The van der Waals surface area contributed by atoms with Crippen LogP contribution in [0.25, 0.3) is 10.8 Å². The average Bonchev–Trinajstić information content (AvgIpc) is 2.95. The van der Waals surface area contributed by atoms with E-state index in [1.807, 2.05) is 9.80 Å². The zero-order valence-electron chi connectivity index (χ0n) is 22.3. The molecule has 1 N–H and O–H groups in total. The van der Waals surface area contributed by atoms with E-state index in [2.05, 4.69) is 10.4 Å². The van der Waals surface area contributed by atoms with Crippen LogP contribution < -0.4 is 26.2 Å². The summed E-state index contributed by atoms with van der Waals surface area (Å²) in [5, 5.41) is 6.98. The molecular weight excluding hydrogens is 547 g/mol. The minimum Gasteiger partial charge on any atom is -0.375 e. The molecule has 216 valence electrons. The number of benzene rings is 2. The Labute approximate surface area is 231 Å². The Balaban J connectivity index is 1.51. The van der Waals surface area contributed by atoms with Crippen molar-refractivity contribution in [2.75, 3.05) is 48.0 Å². The van der Waals surface area contributed by atoms with Crippen LogP contribution in [0.5, 0.6) is 0 Å². The van der Waals surface area contributed by atoms with Crippen molar-refractivity contribution in [2.45, 2.75) is 12.5 Å². The van der Waals surface area contributed by atoms with Crippen molar-refractivity contribution in [3.8, 4) is 0 Å². The molecule has 4 aromatic rings. The van der Waals surface area contributed by atoms with Gasteiger partial charge < -0.3 is 15.1 Å². The van der Waals surface area contributed by atoms with Gasteiger partial charge in [-0.25, -0.2) is 26.6 Å². The molecule has 2 aromatic carbocycles. The third-order valence-electron chi connectivity index (χ3n) is 7.36. The minimum atomic E-state index is -3.04. The third kappa shape index (κ3) is 5.48. The summed E-state index contributed by atoms with van der Waals surface area (Å²) < 4.78 is 72.5. The second-order valence-electron chi connectivity index (χ2n) is 9.86. The number of halogens is 5. The Morgan fingerprint density at radius 2 is 1.56 bits per heavy atom. The van der Waals surface area contributed by atoms with Gasteiger partial charge in [0.05, 0.1) is 23.3 Å². The fourth-order valence-electron chi connectivity index (χ4n) is 5.14.